The van der Waals surface area contributed by atoms with Crippen LogP contribution in [0.25, 0.3) is 32.6 Å². The molecule has 0 bridgehead atoms. The Morgan fingerprint density at radius 2 is 1.93 bits per heavy atom. The monoisotopic (exact) mass is 451 g/mol. The van der Waals surface area contributed by atoms with Crippen LogP contribution in [0.4, 0.5) is 0 Å². The van der Waals surface area contributed by atoms with Crippen LogP contribution in [0.2, 0.25) is 9.36 Å². The first-order valence-electron chi connectivity index (χ1n) is 9.25. The zero-order chi connectivity index (χ0) is 20.7. The minimum absolute atomic E-state index is 0.0732. The van der Waals surface area contributed by atoms with Gasteiger partial charge in [0.25, 0.3) is 5.56 Å². The summed E-state index contributed by atoms with van der Waals surface area (Å²) in [5.74, 6) is 0. The van der Waals surface area contributed by atoms with Crippen molar-refractivity contribution in [2.75, 3.05) is 0 Å². The molecular formula is C23H15Cl2N3OS. The Labute approximate surface area is 186 Å². The lowest BCUT2D eigenvalue weighted by molar-refractivity contribution is 0.760. The fraction of sp³-hybridized carbons (Fsp3) is 0.0435. The highest BCUT2D eigenvalue weighted by Gasteiger charge is 2.11. The zero-order valence-electron chi connectivity index (χ0n) is 15.6. The van der Waals surface area contributed by atoms with Crippen molar-refractivity contribution in [2.24, 2.45) is 0 Å². The molecule has 30 heavy (non-hydrogen) atoms. The third kappa shape index (κ3) is 3.67. The van der Waals surface area contributed by atoms with Gasteiger partial charge in [-0.3, -0.25) is 4.79 Å². The van der Waals surface area contributed by atoms with E-state index in [1.165, 1.54) is 11.3 Å². The molecule has 0 amide bonds. The van der Waals surface area contributed by atoms with Crippen molar-refractivity contribution in [3.63, 3.8) is 0 Å². The van der Waals surface area contributed by atoms with Crippen LogP contribution >= 0.6 is 34.5 Å². The van der Waals surface area contributed by atoms with E-state index in [1.807, 2.05) is 61.1 Å². The van der Waals surface area contributed by atoms with Crippen molar-refractivity contribution in [1.82, 2.24) is 14.5 Å². The SMILES string of the molecule is O=c1cc(-c2c[nH]c3ncc(-c4ccc(Cl)s4)cc23)ccn1Cc1cccc(Cl)c1. The number of hydrogen-bond acceptors (Lipinski definition) is 3. The van der Waals surface area contributed by atoms with Gasteiger partial charge in [0.2, 0.25) is 0 Å². The molecule has 0 spiro atoms. The minimum atomic E-state index is -0.0732. The number of H-pyrrole nitrogens is 1. The lowest BCUT2D eigenvalue weighted by Crippen LogP contribution is -2.19. The topological polar surface area (TPSA) is 50.7 Å². The summed E-state index contributed by atoms with van der Waals surface area (Å²) in [6.07, 6.45) is 5.53. The van der Waals surface area contributed by atoms with Crippen molar-refractivity contribution in [1.29, 1.82) is 0 Å². The Morgan fingerprint density at radius 3 is 2.70 bits per heavy atom. The molecule has 0 radical (unpaired) electrons. The summed E-state index contributed by atoms with van der Waals surface area (Å²) in [5.41, 5.74) is 4.46. The molecular weight excluding hydrogens is 437 g/mol. The summed E-state index contributed by atoms with van der Waals surface area (Å²) in [6.45, 7) is 0.471. The average molecular weight is 452 g/mol. The molecule has 5 aromatic rings. The van der Waals surface area contributed by atoms with Crippen LogP contribution in [0.15, 0.2) is 78.0 Å². The number of pyridine rings is 2. The van der Waals surface area contributed by atoms with Crippen molar-refractivity contribution >= 4 is 45.6 Å². The summed E-state index contributed by atoms with van der Waals surface area (Å²) < 4.78 is 2.41. The first-order chi connectivity index (χ1) is 14.6. The van der Waals surface area contributed by atoms with Gasteiger partial charge in [-0.15, -0.1) is 11.3 Å². The van der Waals surface area contributed by atoms with E-state index < -0.39 is 0 Å². The first-order valence-corrected chi connectivity index (χ1v) is 10.8. The Hall–Kier alpha value is -2.86. The first kappa shape index (κ1) is 19.1. The molecule has 0 saturated carbocycles. The molecule has 7 heteroatoms. The standard InChI is InChI=1S/C23H15Cl2N3OS/c24-17-3-1-2-14(8-17)13-28-7-6-15(10-22(28)29)19-12-27-23-18(19)9-16(11-26-23)20-4-5-21(25)30-20/h1-12H,13H2,(H,26,27). The maximum absolute atomic E-state index is 12.7. The van der Waals surface area contributed by atoms with E-state index in [4.69, 9.17) is 23.2 Å². The van der Waals surface area contributed by atoms with Crippen LogP contribution in [0, 0.1) is 0 Å². The lowest BCUT2D eigenvalue weighted by Gasteiger charge is -2.08. The van der Waals surface area contributed by atoms with E-state index in [1.54, 1.807) is 10.6 Å². The van der Waals surface area contributed by atoms with Gasteiger partial charge < -0.3 is 9.55 Å². The van der Waals surface area contributed by atoms with Gasteiger partial charge in [-0.25, -0.2) is 4.98 Å². The van der Waals surface area contributed by atoms with Crippen LogP contribution in [0.3, 0.4) is 0 Å². The second kappa shape index (κ2) is 7.76. The van der Waals surface area contributed by atoms with Crippen LogP contribution in [0.5, 0.6) is 0 Å². The van der Waals surface area contributed by atoms with Gasteiger partial charge in [-0.2, -0.15) is 0 Å². The summed E-state index contributed by atoms with van der Waals surface area (Å²) in [4.78, 5) is 21.5. The third-order valence-electron chi connectivity index (χ3n) is 4.94. The number of nitrogens with zero attached hydrogens (tertiary/aromatic N) is 2. The van der Waals surface area contributed by atoms with Crippen LogP contribution in [0.1, 0.15) is 5.56 Å². The number of aromatic amines is 1. The normalized spacial score (nSPS) is 11.3. The van der Waals surface area contributed by atoms with E-state index in [0.29, 0.717) is 11.6 Å². The van der Waals surface area contributed by atoms with E-state index >= 15 is 0 Å². The number of rotatable bonds is 4. The Kier molecular flexibility index (Phi) is 4.95. The third-order valence-corrected chi connectivity index (χ3v) is 6.45. The maximum Gasteiger partial charge on any atom is 0.251 e. The minimum Gasteiger partial charge on any atom is -0.346 e. The molecule has 1 aromatic carbocycles. The van der Waals surface area contributed by atoms with E-state index in [0.717, 1.165) is 42.5 Å². The van der Waals surface area contributed by atoms with Gasteiger partial charge in [0, 0.05) is 51.1 Å². The molecule has 5 rings (SSSR count). The number of nitrogens with one attached hydrogen (secondary N) is 1. The van der Waals surface area contributed by atoms with Gasteiger partial charge >= 0.3 is 0 Å². The molecule has 148 valence electrons. The number of halogens is 2. The van der Waals surface area contributed by atoms with E-state index in [2.05, 4.69) is 16.0 Å². The summed E-state index contributed by atoms with van der Waals surface area (Å²) in [7, 11) is 0. The molecule has 0 aliphatic heterocycles. The number of benzene rings is 1. The van der Waals surface area contributed by atoms with Gasteiger partial charge in [0.1, 0.15) is 5.65 Å². The van der Waals surface area contributed by atoms with Crippen LogP contribution in [-0.2, 0) is 6.54 Å². The number of thiophene rings is 1. The van der Waals surface area contributed by atoms with Crippen molar-refractivity contribution in [3.8, 4) is 21.6 Å². The molecule has 0 aliphatic carbocycles. The smallest absolute Gasteiger partial charge is 0.251 e. The molecule has 1 N–H and O–H groups in total. The van der Waals surface area contributed by atoms with Gasteiger partial charge in [-0.1, -0.05) is 35.3 Å². The van der Waals surface area contributed by atoms with E-state index in [9.17, 15) is 4.79 Å². The largest absolute Gasteiger partial charge is 0.346 e. The summed E-state index contributed by atoms with van der Waals surface area (Å²) in [5, 5.41) is 1.62. The highest BCUT2D eigenvalue weighted by molar-refractivity contribution is 7.19. The molecule has 4 aromatic heterocycles. The van der Waals surface area contributed by atoms with Crippen molar-refractivity contribution < 1.29 is 0 Å². The fourth-order valence-electron chi connectivity index (χ4n) is 3.48. The predicted octanol–water partition coefficient (Wildman–Crippen LogP) is 6.48. The molecule has 0 aliphatic rings. The number of fused-ring (bicyclic) bond motifs is 1. The maximum atomic E-state index is 12.7. The molecule has 0 fully saturated rings. The summed E-state index contributed by atoms with van der Waals surface area (Å²) >= 11 is 13.6. The molecule has 4 heterocycles. The van der Waals surface area contributed by atoms with E-state index in [-0.39, 0.29) is 5.56 Å². The molecule has 0 saturated heterocycles. The predicted molar refractivity (Wildman–Crippen MR) is 125 cm³/mol. The second-order valence-electron chi connectivity index (χ2n) is 6.94. The summed E-state index contributed by atoms with van der Waals surface area (Å²) in [6, 6.07) is 17.1. The fourth-order valence-corrected chi connectivity index (χ4v) is 4.72. The highest BCUT2D eigenvalue weighted by Crippen LogP contribution is 2.34. The zero-order valence-corrected chi connectivity index (χ0v) is 17.9. The van der Waals surface area contributed by atoms with Crippen LogP contribution < -0.4 is 5.56 Å². The van der Waals surface area contributed by atoms with Crippen LogP contribution in [-0.4, -0.2) is 14.5 Å². The van der Waals surface area contributed by atoms with Gasteiger partial charge in [-0.05, 0) is 47.5 Å². The quantitative estimate of drug-likeness (QED) is 0.340. The molecule has 0 unspecified atom stereocenters. The lowest BCUT2D eigenvalue weighted by atomic mass is 10.1. The Balaban J connectivity index is 1.52. The van der Waals surface area contributed by atoms with Gasteiger partial charge in [0.15, 0.2) is 0 Å². The Bertz CT molecular complexity index is 1430. The van der Waals surface area contributed by atoms with Gasteiger partial charge in [0.05, 0.1) is 10.9 Å². The van der Waals surface area contributed by atoms with Crippen molar-refractivity contribution in [2.45, 2.75) is 6.54 Å². The average Bonchev–Trinajstić information content (AvgIpc) is 3.35. The molecule has 0 atom stereocenters. The Morgan fingerprint density at radius 1 is 1.03 bits per heavy atom. The highest BCUT2D eigenvalue weighted by atomic mass is 35.5. The number of aromatic nitrogens is 3. The van der Waals surface area contributed by atoms with Crippen molar-refractivity contribution in [3.05, 3.63) is 98.5 Å². The second-order valence-corrected chi connectivity index (χ2v) is 9.09. The molecule has 4 nitrogen and oxygen atoms in total. The number of hydrogen-bond donors (Lipinski definition) is 1.